The first-order valence-electron chi connectivity index (χ1n) is 8.52. The minimum absolute atomic E-state index is 0.0197. The lowest BCUT2D eigenvalue weighted by Gasteiger charge is -2.17. The Morgan fingerprint density at radius 2 is 2.00 bits per heavy atom. The number of anilines is 1. The van der Waals surface area contributed by atoms with Crippen LogP contribution in [0.2, 0.25) is 0 Å². The average Bonchev–Trinajstić information content (AvgIpc) is 3.15. The molecule has 128 valence electrons. The Balaban J connectivity index is 1.74. The number of nitrogens with zero attached hydrogens (tertiary/aromatic N) is 4. The molecule has 2 aromatic heterocycles. The summed E-state index contributed by atoms with van der Waals surface area (Å²) < 4.78 is 3.17. The van der Waals surface area contributed by atoms with Crippen LogP contribution in [0.15, 0.2) is 47.4 Å². The third kappa shape index (κ3) is 2.45. The summed E-state index contributed by atoms with van der Waals surface area (Å²) in [4.78, 5) is 31.8. The van der Waals surface area contributed by atoms with E-state index in [-0.39, 0.29) is 24.2 Å². The highest BCUT2D eigenvalue weighted by atomic mass is 16.2. The topological polar surface area (TPSA) is 60.1 Å². The fourth-order valence-corrected chi connectivity index (χ4v) is 3.54. The van der Waals surface area contributed by atoms with E-state index in [1.165, 1.54) is 10.1 Å². The predicted molar refractivity (Wildman–Crippen MR) is 96.9 cm³/mol. The van der Waals surface area contributed by atoms with Crippen molar-refractivity contribution in [3.8, 4) is 0 Å². The van der Waals surface area contributed by atoms with E-state index < -0.39 is 0 Å². The van der Waals surface area contributed by atoms with E-state index in [0.29, 0.717) is 17.7 Å². The van der Waals surface area contributed by atoms with Gasteiger partial charge in [-0.1, -0.05) is 18.2 Å². The van der Waals surface area contributed by atoms with Crippen LogP contribution < -0.4 is 10.6 Å². The van der Waals surface area contributed by atoms with Crippen molar-refractivity contribution in [1.29, 1.82) is 0 Å². The summed E-state index contributed by atoms with van der Waals surface area (Å²) >= 11 is 0. The van der Waals surface area contributed by atoms with Crippen LogP contribution in [0.25, 0.3) is 11.2 Å². The number of rotatable bonds is 3. The lowest BCUT2D eigenvalue weighted by Crippen LogP contribution is -2.36. The molecule has 0 saturated heterocycles. The van der Waals surface area contributed by atoms with Gasteiger partial charge in [0.05, 0.1) is 5.52 Å². The summed E-state index contributed by atoms with van der Waals surface area (Å²) in [6, 6.07) is 11.5. The van der Waals surface area contributed by atoms with Crippen molar-refractivity contribution >= 4 is 22.8 Å². The second kappa shape index (κ2) is 5.88. The van der Waals surface area contributed by atoms with Crippen LogP contribution in [-0.2, 0) is 17.8 Å². The molecule has 0 unspecified atom stereocenters. The Kier molecular flexibility index (Phi) is 3.67. The van der Waals surface area contributed by atoms with Crippen molar-refractivity contribution in [2.24, 2.45) is 0 Å². The molecule has 3 aromatic rings. The molecule has 4 rings (SSSR count). The van der Waals surface area contributed by atoms with Gasteiger partial charge in [0.25, 0.3) is 0 Å². The van der Waals surface area contributed by atoms with E-state index in [1.54, 1.807) is 21.7 Å². The van der Waals surface area contributed by atoms with Crippen LogP contribution in [0.3, 0.4) is 0 Å². The number of carbonyl (C=O) groups is 1. The molecule has 0 saturated carbocycles. The molecule has 1 aliphatic heterocycles. The van der Waals surface area contributed by atoms with Crippen molar-refractivity contribution in [1.82, 2.24) is 14.1 Å². The number of carbonyl (C=O) groups excluding carboxylic acids is 1. The van der Waals surface area contributed by atoms with Crippen LogP contribution in [0.5, 0.6) is 0 Å². The Morgan fingerprint density at radius 3 is 2.80 bits per heavy atom. The number of hydrogen-bond donors (Lipinski definition) is 0. The first-order chi connectivity index (χ1) is 12.1. The normalized spacial score (nSPS) is 13.6. The van der Waals surface area contributed by atoms with Gasteiger partial charge in [-0.25, -0.2) is 9.78 Å². The first-order valence-corrected chi connectivity index (χ1v) is 8.52. The Hall–Kier alpha value is -2.89. The van der Waals surface area contributed by atoms with Crippen molar-refractivity contribution in [3.63, 3.8) is 0 Å². The average molecular weight is 336 g/mol. The monoisotopic (exact) mass is 336 g/mol. The number of fused-ring (bicyclic) bond motifs is 2. The molecule has 0 bridgehead atoms. The van der Waals surface area contributed by atoms with Gasteiger partial charge in [-0.05, 0) is 44.0 Å². The molecular formula is C19H20N4O2. The molecule has 0 atom stereocenters. The van der Waals surface area contributed by atoms with Gasteiger partial charge in [0.15, 0.2) is 5.65 Å². The van der Waals surface area contributed by atoms with Gasteiger partial charge in [-0.3, -0.25) is 13.9 Å². The van der Waals surface area contributed by atoms with Crippen LogP contribution in [0.4, 0.5) is 5.69 Å². The molecule has 0 spiro atoms. The van der Waals surface area contributed by atoms with Gasteiger partial charge in [-0.15, -0.1) is 0 Å². The summed E-state index contributed by atoms with van der Waals surface area (Å²) in [7, 11) is 0. The Morgan fingerprint density at radius 1 is 1.20 bits per heavy atom. The second-order valence-electron chi connectivity index (χ2n) is 6.60. The van der Waals surface area contributed by atoms with Gasteiger partial charge in [0.2, 0.25) is 5.91 Å². The summed E-state index contributed by atoms with van der Waals surface area (Å²) in [6.45, 7) is 4.57. The molecule has 1 amide bonds. The van der Waals surface area contributed by atoms with E-state index in [4.69, 9.17) is 0 Å². The molecule has 25 heavy (non-hydrogen) atoms. The fourth-order valence-electron chi connectivity index (χ4n) is 3.54. The second-order valence-corrected chi connectivity index (χ2v) is 6.60. The zero-order chi connectivity index (χ0) is 17.6. The Bertz CT molecular complexity index is 1020. The molecule has 0 fully saturated rings. The van der Waals surface area contributed by atoms with Gasteiger partial charge < -0.3 is 4.90 Å². The van der Waals surface area contributed by atoms with E-state index in [9.17, 15) is 9.59 Å². The minimum Gasteiger partial charge on any atom is -0.310 e. The summed E-state index contributed by atoms with van der Waals surface area (Å²) in [5.74, 6) is -0.0706. The van der Waals surface area contributed by atoms with Gasteiger partial charge in [0.1, 0.15) is 6.54 Å². The van der Waals surface area contributed by atoms with Gasteiger partial charge >= 0.3 is 5.69 Å². The number of amides is 1. The lowest BCUT2D eigenvalue weighted by atomic mass is 10.2. The minimum atomic E-state index is -0.190. The number of para-hydroxylation sites is 1. The van der Waals surface area contributed by atoms with Crippen molar-refractivity contribution < 1.29 is 4.79 Å². The van der Waals surface area contributed by atoms with Crippen LogP contribution in [0, 0.1) is 0 Å². The SMILES string of the molecule is CC(C)n1c(=O)n(CC(=O)N2CCc3ccccc32)c2cccnc21. The number of benzene rings is 1. The largest absolute Gasteiger partial charge is 0.331 e. The lowest BCUT2D eigenvalue weighted by molar-refractivity contribution is -0.119. The molecule has 0 N–H and O–H groups in total. The molecule has 3 heterocycles. The van der Waals surface area contributed by atoms with Gasteiger partial charge in [0, 0.05) is 24.5 Å². The number of aromatic nitrogens is 3. The summed E-state index contributed by atoms with van der Waals surface area (Å²) in [5, 5.41) is 0. The van der Waals surface area contributed by atoms with Crippen molar-refractivity contribution in [2.45, 2.75) is 32.9 Å². The molecule has 1 aromatic carbocycles. The third-order valence-corrected chi connectivity index (χ3v) is 4.72. The maximum absolute atomic E-state index is 12.9. The highest BCUT2D eigenvalue weighted by Crippen LogP contribution is 2.27. The maximum atomic E-state index is 12.9. The summed E-state index contributed by atoms with van der Waals surface area (Å²) in [6.07, 6.45) is 2.52. The predicted octanol–water partition coefficient (Wildman–Crippen LogP) is 2.37. The molecule has 0 radical (unpaired) electrons. The van der Waals surface area contributed by atoms with Crippen molar-refractivity contribution in [3.05, 3.63) is 58.6 Å². The quantitative estimate of drug-likeness (QED) is 0.738. The fraction of sp³-hybridized carbons (Fsp3) is 0.316. The highest BCUT2D eigenvalue weighted by Gasteiger charge is 2.26. The van der Waals surface area contributed by atoms with Crippen LogP contribution >= 0.6 is 0 Å². The van der Waals surface area contributed by atoms with Crippen LogP contribution in [0.1, 0.15) is 25.5 Å². The number of pyridine rings is 1. The maximum Gasteiger partial charge on any atom is 0.331 e. The molecule has 1 aliphatic rings. The van der Waals surface area contributed by atoms with Crippen LogP contribution in [-0.4, -0.2) is 26.6 Å². The molecule has 6 heteroatoms. The van der Waals surface area contributed by atoms with Gasteiger partial charge in [-0.2, -0.15) is 0 Å². The number of hydrogen-bond acceptors (Lipinski definition) is 3. The third-order valence-electron chi connectivity index (χ3n) is 4.72. The zero-order valence-corrected chi connectivity index (χ0v) is 14.3. The molecule has 6 nitrogen and oxygen atoms in total. The van der Waals surface area contributed by atoms with E-state index in [1.807, 2.05) is 44.2 Å². The highest BCUT2D eigenvalue weighted by molar-refractivity contribution is 5.95. The van der Waals surface area contributed by atoms with Crippen molar-refractivity contribution in [2.75, 3.05) is 11.4 Å². The molecular weight excluding hydrogens is 316 g/mol. The van der Waals surface area contributed by atoms with E-state index in [2.05, 4.69) is 4.98 Å². The zero-order valence-electron chi connectivity index (χ0n) is 14.3. The number of imidazole rings is 1. The van der Waals surface area contributed by atoms with E-state index >= 15 is 0 Å². The Labute approximate surface area is 145 Å². The summed E-state index contributed by atoms with van der Waals surface area (Å²) in [5.41, 5.74) is 3.25. The van der Waals surface area contributed by atoms with E-state index in [0.717, 1.165) is 12.1 Å². The smallest absolute Gasteiger partial charge is 0.310 e. The molecule has 0 aliphatic carbocycles. The first kappa shape index (κ1) is 15.6. The standard InChI is InChI=1S/C19H20N4O2/c1-13(2)23-18-16(8-5-10-20-18)22(19(23)25)12-17(24)21-11-9-14-6-3-4-7-15(14)21/h3-8,10,13H,9,11-12H2,1-2H3.